The summed E-state index contributed by atoms with van der Waals surface area (Å²) < 4.78 is 35.8. The summed E-state index contributed by atoms with van der Waals surface area (Å²) in [6.07, 6.45) is -4.77. The van der Waals surface area contributed by atoms with Gasteiger partial charge < -0.3 is 11.1 Å². The Balaban J connectivity index is 2.61. The average Bonchev–Trinajstić information content (AvgIpc) is 2.28. The van der Waals surface area contributed by atoms with Crippen LogP contribution in [0.2, 0.25) is 0 Å². The number of hydrogen-bond acceptors (Lipinski definition) is 2. The molecule has 0 aromatic heterocycles. The highest BCUT2D eigenvalue weighted by Gasteiger charge is 2.26. The first-order valence-electron chi connectivity index (χ1n) is 5.57. The Morgan fingerprint density at radius 1 is 1.28 bits per heavy atom. The van der Waals surface area contributed by atoms with Crippen LogP contribution < -0.4 is 11.1 Å². The molecule has 1 aromatic carbocycles. The van der Waals surface area contributed by atoms with Gasteiger partial charge in [0, 0.05) is 12.1 Å². The number of alkyl halides is 3. The SMILES string of the molecule is NCCc1ccccc1C(=O)NCCC(F)(F)F. The van der Waals surface area contributed by atoms with E-state index in [1.807, 2.05) is 0 Å². The first-order valence-corrected chi connectivity index (χ1v) is 5.57. The van der Waals surface area contributed by atoms with E-state index >= 15 is 0 Å². The molecule has 0 aliphatic heterocycles. The van der Waals surface area contributed by atoms with E-state index in [4.69, 9.17) is 5.73 Å². The second-order valence-electron chi connectivity index (χ2n) is 3.82. The number of halogens is 3. The van der Waals surface area contributed by atoms with Crippen molar-refractivity contribution in [3.8, 4) is 0 Å². The number of carbonyl (C=O) groups excluding carboxylic acids is 1. The molecule has 0 saturated heterocycles. The second-order valence-corrected chi connectivity index (χ2v) is 3.82. The third-order valence-electron chi connectivity index (χ3n) is 2.37. The van der Waals surface area contributed by atoms with E-state index in [1.54, 1.807) is 24.3 Å². The van der Waals surface area contributed by atoms with E-state index in [1.165, 1.54) is 0 Å². The number of nitrogens with one attached hydrogen (secondary N) is 1. The van der Waals surface area contributed by atoms with Crippen molar-refractivity contribution in [2.24, 2.45) is 5.73 Å². The Labute approximate surface area is 103 Å². The lowest BCUT2D eigenvalue weighted by molar-refractivity contribution is -0.132. The summed E-state index contributed by atoms with van der Waals surface area (Å²) in [5, 5.41) is 2.25. The summed E-state index contributed by atoms with van der Waals surface area (Å²) in [5.41, 5.74) is 6.53. The van der Waals surface area contributed by atoms with Gasteiger partial charge in [-0.2, -0.15) is 13.2 Å². The van der Waals surface area contributed by atoms with Crippen molar-refractivity contribution in [1.29, 1.82) is 0 Å². The minimum Gasteiger partial charge on any atom is -0.352 e. The standard InChI is InChI=1S/C12H15F3N2O/c13-12(14,15)6-8-17-11(18)10-4-2-1-3-9(10)5-7-16/h1-4H,5-8,16H2,(H,17,18). The summed E-state index contributed by atoms with van der Waals surface area (Å²) in [5.74, 6) is -0.497. The molecule has 1 amide bonds. The molecule has 0 bridgehead atoms. The lowest BCUT2D eigenvalue weighted by Gasteiger charge is -2.10. The summed E-state index contributed by atoms with van der Waals surface area (Å²) in [6.45, 7) is -0.0356. The molecule has 1 rings (SSSR count). The van der Waals surface area contributed by atoms with Gasteiger partial charge in [-0.3, -0.25) is 4.79 Å². The largest absolute Gasteiger partial charge is 0.390 e. The van der Waals surface area contributed by atoms with E-state index in [-0.39, 0.29) is 0 Å². The zero-order valence-electron chi connectivity index (χ0n) is 9.76. The van der Waals surface area contributed by atoms with Gasteiger partial charge in [-0.25, -0.2) is 0 Å². The first-order chi connectivity index (χ1) is 8.44. The first kappa shape index (κ1) is 14.5. The van der Waals surface area contributed by atoms with E-state index in [9.17, 15) is 18.0 Å². The fourth-order valence-electron chi connectivity index (χ4n) is 1.53. The van der Waals surface area contributed by atoms with Gasteiger partial charge in [0.1, 0.15) is 0 Å². The molecule has 0 radical (unpaired) electrons. The molecule has 0 unspecified atom stereocenters. The van der Waals surface area contributed by atoms with Crippen LogP contribution in [0.15, 0.2) is 24.3 Å². The van der Waals surface area contributed by atoms with Gasteiger partial charge in [0.05, 0.1) is 6.42 Å². The monoisotopic (exact) mass is 260 g/mol. The van der Waals surface area contributed by atoms with Crippen LogP contribution in [0.1, 0.15) is 22.3 Å². The third-order valence-corrected chi connectivity index (χ3v) is 2.37. The van der Waals surface area contributed by atoms with Crippen molar-refractivity contribution in [2.75, 3.05) is 13.1 Å². The second kappa shape index (κ2) is 6.39. The van der Waals surface area contributed by atoms with E-state index in [0.717, 1.165) is 5.56 Å². The van der Waals surface area contributed by atoms with Crippen molar-refractivity contribution in [2.45, 2.75) is 19.0 Å². The average molecular weight is 260 g/mol. The predicted octanol–water partition coefficient (Wildman–Crippen LogP) is 1.87. The minimum absolute atomic E-state index is 0.380. The van der Waals surface area contributed by atoms with Crippen LogP contribution >= 0.6 is 0 Å². The fourth-order valence-corrected chi connectivity index (χ4v) is 1.53. The highest BCUT2D eigenvalue weighted by Crippen LogP contribution is 2.18. The van der Waals surface area contributed by atoms with Crippen LogP contribution in [0.25, 0.3) is 0 Å². The molecular weight excluding hydrogens is 245 g/mol. The molecule has 0 saturated carbocycles. The van der Waals surface area contributed by atoms with Gasteiger partial charge in [0.25, 0.3) is 5.91 Å². The number of benzene rings is 1. The molecule has 0 aliphatic carbocycles. The predicted molar refractivity (Wildman–Crippen MR) is 62.2 cm³/mol. The molecule has 3 N–H and O–H groups in total. The van der Waals surface area contributed by atoms with Crippen LogP contribution in [0, 0.1) is 0 Å². The maximum atomic E-state index is 11.9. The van der Waals surface area contributed by atoms with Gasteiger partial charge in [0.15, 0.2) is 0 Å². The van der Waals surface area contributed by atoms with Gasteiger partial charge in [-0.1, -0.05) is 18.2 Å². The normalized spacial score (nSPS) is 11.3. The van der Waals surface area contributed by atoms with E-state index in [2.05, 4.69) is 5.32 Å². The molecule has 0 atom stereocenters. The van der Waals surface area contributed by atoms with Gasteiger partial charge in [0.2, 0.25) is 0 Å². The number of carbonyl (C=O) groups is 1. The van der Waals surface area contributed by atoms with Gasteiger partial charge in [-0.15, -0.1) is 0 Å². The number of hydrogen-bond donors (Lipinski definition) is 2. The molecule has 0 heterocycles. The summed E-state index contributed by atoms with van der Waals surface area (Å²) in [6, 6.07) is 6.75. The van der Waals surface area contributed by atoms with Crippen LogP contribution in [-0.2, 0) is 6.42 Å². The van der Waals surface area contributed by atoms with Crippen LogP contribution in [0.4, 0.5) is 13.2 Å². The van der Waals surface area contributed by atoms with E-state index in [0.29, 0.717) is 18.5 Å². The van der Waals surface area contributed by atoms with Crippen molar-refractivity contribution in [3.05, 3.63) is 35.4 Å². The Hall–Kier alpha value is -1.56. The molecule has 1 aromatic rings. The van der Waals surface area contributed by atoms with Crippen LogP contribution in [-0.4, -0.2) is 25.2 Å². The summed E-state index contributed by atoms with van der Waals surface area (Å²) in [7, 11) is 0. The van der Waals surface area contributed by atoms with Crippen LogP contribution in [0.3, 0.4) is 0 Å². The molecule has 0 fully saturated rings. The maximum Gasteiger partial charge on any atom is 0.390 e. The molecular formula is C12H15F3N2O. The number of rotatable bonds is 5. The fraction of sp³-hybridized carbons (Fsp3) is 0.417. The number of nitrogens with two attached hydrogens (primary N) is 1. The lowest BCUT2D eigenvalue weighted by Crippen LogP contribution is -2.28. The Bertz CT molecular complexity index is 405. The molecule has 0 aliphatic rings. The zero-order valence-corrected chi connectivity index (χ0v) is 9.76. The highest BCUT2D eigenvalue weighted by atomic mass is 19.4. The third kappa shape index (κ3) is 4.75. The maximum absolute atomic E-state index is 11.9. The Kier molecular flexibility index (Phi) is 5.15. The van der Waals surface area contributed by atoms with Gasteiger partial charge >= 0.3 is 6.18 Å². The zero-order chi connectivity index (χ0) is 13.6. The Morgan fingerprint density at radius 2 is 1.94 bits per heavy atom. The van der Waals surface area contributed by atoms with Crippen molar-refractivity contribution in [3.63, 3.8) is 0 Å². The smallest absolute Gasteiger partial charge is 0.352 e. The topological polar surface area (TPSA) is 55.1 Å². The molecule has 0 spiro atoms. The van der Waals surface area contributed by atoms with Crippen molar-refractivity contribution < 1.29 is 18.0 Å². The number of amides is 1. The van der Waals surface area contributed by atoms with Crippen molar-refractivity contribution in [1.82, 2.24) is 5.32 Å². The van der Waals surface area contributed by atoms with Crippen LogP contribution in [0.5, 0.6) is 0 Å². The lowest BCUT2D eigenvalue weighted by atomic mass is 10.0. The molecule has 3 nitrogen and oxygen atoms in total. The molecule has 18 heavy (non-hydrogen) atoms. The quantitative estimate of drug-likeness (QED) is 0.849. The van der Waals surface area contributed by atoms with Gasteiger partial charge in [-0.05, 0) is 24.6 Å². The summed E-state index contributed by atoms with van der Waals surface area (Å²) >= 11 is 0. The summed E-state index contributed by atoms with van der Waals surface area (Å²) in [4.78, 5) is 11.7. The highest BCUT2D eigenvalue weighted by molar-refractivity contribution is 5.95. The molecule has 6 heteroatoms. The van der Waals surface area contributed by atoms with E-state index < -0.39 is 25.0 Å². The van der Waals surface area contributed by atoms with Crippen molar-refractivity contribution >= 4 is 5.91 Å². The minimum atomic E-state index is -4.26. The molecule has 100 valence electrons. The Morgan fingerprint density at radius 3 is 2.56 bits per heavy atom.